The Hall–Kier alpha value is -4.77. The molecular formula is C42H31P. The van der Waals surface area contributed by atoms with Crippen molar-refractivity contribution in [2.75, 3.05) is 13.3 Å². The standard InChI is InChI=1S/C42H31P/c1-43(2)36-22-19-30(20-23-36)33-21-24-39-40(27-33)42(35-18-16-29-10-4-6-12-32(29)26-35)38-14-8-7-13-37(38)41(39)34-17-15-28-9-3-5-11-31(28)25-34/h3-27H,1-2H3. The molecule has 0 heterocycles. The van der Waals surface area contributed by atoms with Gasteiger partial charge in [-0.05, 0) is 113 Å². The summed E-state index contributed by atoms with van der Waals surface area (Å²) >= 11 is 0. The van der Waals surface area contributed by atoms with Gasteiger partial charge in [0.25, 0.3) is 0 Å². The molecule has 0 fully saturated rings. The summed E-state index contributed by atoms with van der Waals surface area (Å²) < 4.78 is 0. The third-order valence-electron chi connectivity index (χ3n) is 8.82. The molecule has 204 valence electrons. The highest BCUT2D eigenvalue weighted by atomic mass is 31.1. The first-order chi connectivity index (χ1) is 21.1. The molecule has 8 aromatic rings. The minimum atomic E-state index is -0.118. The first kappa shape index (κ1) is 25.9. The van der Waals surface area contributed by atoms with Crippen molar-refractivity contribution in [3.05, 3.63) is 152 Å². The van der Waals surface area contributed by atoms with Crippen LogP contribution >= 0.6 is 7.92 Å². The Kier molecular flexibility index (Phi) is 6.32. The van der Waals surface area contributed by atoms with E-state index in [9.17, 15) is 0 Å². The fourth-order valence-corrected chi connectivity index (χ4v) is 7.37. The van der Waals surface area contributed by atoms with Crippen LogP contribution in [0.3, 0.4) is 0 Å². The SMILES string of the molecule is CP(C)c1ccc(-c2ccc3c(-c4ccc5ccccc5c4)c4ccccc4c(-c4ccc5ccccc5c4)c3c2)cc1. The van der Waals surface area contributed by atoms with Gasteiger partial charge in [0.05, 0.1) is 0 Å². The molecule has 0 amide bonds. The summed E-state index contributed by atoms with van der Waals surface area (Å²) in [6.07, 6.45) is 0. The predicted octanol–water partition coefficient (Wildman–Crippen LogP) is 11.7. The van der Waals surface area contributed by atoms with Crippen LogP contribution in [-0.4, -0.2) is 13.3 Å². The average molecular weight is 567 g/mol. The second-order valence-corrected chi connectivity index (χ2v) is 13.9. The summed E-state index contributed by atoms with van der Waals surface area (Å²) in [5.74, 6) is 0. The highest BCUT2D eigenvalue weighted by molar-refractivity contribution is 7.64. The zero-order valence-electron chi connectivity index (χ0n) is 24.4. The van der Waals surface area contributed by atoms with Gasteiger partial charge >= 0.3 is 0 Å². The summed E-state index contributed by atoms with van der Waals surface area (Å²) in [6, 6.07) is 56.3. The molecule has 8 rings (SSSR count). The van der Waals surface area contributed by atoms with Crippen molar-refractivity contribution in [2.24, 2.45) is 0 Å². The molecule has 0 spiro atoms. The second kappa shape index (κ2) is 10.5. The van der Waals surface area contributed by atoms with Crippen LogP contribution in [0.2, 0.25) is 0 Å². The Morgan fingerprint density at radius 3 is 1.33 bits per heavy atom. The van der Waals surface area contributed by atoms with Gasteiger partial charge in [0.2, 0.25) is 0 Å². The molecule has 0 radical (unpaired) electrons. The van der Waals surface area contributed by atoms with Gasteiger partial charge in [0.15, 0.2) is 0 Å². The van der Waals surface area contributed by atoms with Crippen molar-refractivity contribution in [1.29, 1.82) is 0 Å². The van der Waals surface area contributed by atoms with E-state index in [-0.39, 0.29) is 7.92 Å². The lowest BCUT2D eigenvalue weighted by molar-refractivity contribution is 1.65. The molecule has 0 N–H and O–H groups in total. The summed E-state index contributed by atoms with van der Waals surface area (Å²) in [5.41, 5.74) is 7.60. The maximum atomic E-state index is 2.42. The van der Waals surface area contributed by atoms with Gasteiger partial charge in [-0.2, -0.15) is 0 Å². The van der Waals surface area contributed by atoms with Gasteiger partial charge in [0, 0.05) is 0 Å². The minimum absolute atomic E-state index is 0.118. The predicted molar refractivity (Wildman–Crippen MR) is 191 cm³/mol. The average Bonchev–Trinajstić information content (AvgIpc) is 3.06. The van der Waals surface area contributed by atoms with E-state index in [0.29, 0.717) is 0 Å². The molecule has 1 heteroatoms. The number of hydrogen-bond acceptors (Lipinski definition) is 0. The second-order valence-electron chi connectivity index (χ2n) is 11.6. The zero-order valence-corrected chi connectivity index (χ0v) is 25.3. The van der Waals surface area contributed by atoms with Crippen LogP contribution in [0.25, 0.3) is 76.5 Å². The maximum Gasteiger partial charge on any atom is -0.00259 e. The molecule has 0 aliphatic heterocycles. The minimum Gasteiger partial charge on any atom is -0.0817 e. The molecule has 0 aromatic heterocycles. The molecule has 0 unspecified atom stereocenters. The highest BCUT2D eigenvalue weighted by Crippen LogP contribution is 2.45. The fraction of sp³-hybridized carbons (Fsp3) is 0.0476. The summed E-state index contributed by atoms with van der Waals surface area (Å²) in [6.45, 7) is 4.63. The van der Waals surface area contributed by atoms with Crippen molar-refractivity contribution in [1.82, 2.24) is 0 Å². The lowest BCUT2D eigenvalue weighted by Gasteiger charge is -2.19. The van der Waals surface area contributed by atoms with Gasteiger partial charge in [-0.25, -0.2) is 0 Å². The number of hydrogen-bond donors (Lipinski definition) is 0. The molecule has 8 aromatic carbocycles. The fourth-order valence-electron chi connectivity index (χ4n) is 6.62. The van der Waals surface area contributed by atoms with E-state index in [0.717, 1.165) is 0 Å². The molecular weight excluding hydrogens is 535 g/mol. The molecule has 0 saturated heterocycles. The van der Waals surface area contributed by atoms with Gasteiger partial charge in [-0.1, -0.05) is 141 Å². The summed E-state index contributed by atoms with van der Waals surface area (Å²) in [4.78, 5) is 0. The molecule has 43 heavy (non-hydrogen) atoms. The van der Waals surface area contributed by atoms with Crippen molar-refractivity contribution in [3.8, 4) is 33.4 Å². The molecule has 0 saturated carbocycles. The van der Waals surface area contributed by atoms with Crippen LogP contribution in [0.5, 0.6) is 0 Å². The van der Waals surface area contributed by atoms with E-state index in [1.807, 2.05) is 0 Å². The summed E-state index contributed by atoms with van der Waals surface area (Å²) in [7, 11) is -0.118. The van der Waals surface area contributed by atoms with Crippen LogP contribution in [0.4, 0.5) is 0 Å². The lowest BCUT2D eigenvalue weighted by atomic mass is 9.84. The molecule has 0 bridgehead atoms. The van der Waals surface area contributed by atoms with E-state index in [2.05, 4.69) is 165 Å². The lowest BCUT2D eigenvalue weighted by Crippen LogP contribution is -1.97. The Bertz CT molecular complexity index is 2310. The number of benzene rings is 8. The Labute approximate surface area is 254 Å². The van der Waals surface area contributed by atoms with E-state index >= 15 is 0 Å². The van der Waals surface area contributed by atoms with E-state index in [1.54, 1.807) is 0 Å². The van der Waals surface area contributed by atoms with Crippen LogP contribution in [0.15, 0.2) is 152 Å². The van der Waals surface area contributed by atoms with Crippen LogP contribution < -0.4 is 5.30 Å². The quantitative estimate of drug-likeness (QED) is 0.147. The first-order valence-electron chi connectivity index (χ1n) is 14.9. The number of rotatable bonds is 4. The van der Waals surface area contributed by atoms with E-state index < -0.39 is 0 Å². The smallest absolute Gasteiger partial charge is 0.00259 e. The molecule has 0 atom stereocenters. The van der Waals surface area contributed by atoms with Gasteiger partial charge in [0.1, 0.15) is 0 Å². The van der Waals surface area contributed by atoms with Crippen molar-refractivity contribution in [3.63, 3.8) is 0 Å². The maximum absolute atomic E-state index is 2.42. The summed E-state index contributed by atoms with van der Waals surface area (Å²) in [5, 5.41) is 11.6. The Morgan fingerprint density at radius 1 is 0.326 bits per heavy atom. The van der Waals surface area contributed by atoms with E-state index in [1.165, 1.54) is 81.8 Å². The zero-order chi connectivity index (χ0) is 28.9. The monoisotopic (exact) mass is 566 g/mol. The third-order valence-corrected chi connectivity index (χ3v) is 10.1. The molecule has 0 aliphatic rings. The third kappa shape index (κ3) is 4.51. The van der Waals surface area contributed by atoms with Gasteiger partial charge in [-0.3, -0.25) is 0 Å². The van der Waals surface area contributed by atoms with Crippen LogP contribution in [-0.2, 0) is 0 Å². The molecule has 0 aliphatic carbocycles. The normalized spacial score (nSPS) is 11.7. The highest BCUT2D eigenvalue weighted by Gasteiger charge is 2.18. The van der Waals surface area contributed by atoms with Crippen LogP contribution in [0.1, 0.15) is 0 Å². The topological polar surface area (TPSA) is 0 Å². The largest absolute Gasteiger partial charge is 0.0817 e. The van der Waals surface area contributed by atoms with Crippen molar-refractivity contribution >= 4 is 56.3 Å². The van der Waals surface area contributed by atoms with Gasteiger partial charge in [-0.15, -0.1) is 0 Å². The number of fused-ring (bicyclic) bond motifs is 4. The van der Waals surface area contributed by atoms with Crippen molar-refractivity contribution in [2.45, 2.75) is 0 Å². The van der Waals surface area contributed by atoms with E-state index in [4.69, 9.17) is 0 Å². The Morgan fingerprint density at radius 2 is 0.767 bits per heavy atom. The van der Waals surface area contributed by atoms with Crippen LogP contribution in [0, 0.1) is 0 Å². The van der Waals surface area contributed by atoms with Gasteiger partial charge < -0.3 is 0 Å². The first-order valence-corrected chi connectivity index (χ1v) is 17.1. The van der Waals surface area contributed by atoms with Crippen molar-refractivity contribution < 1.29 is 0 Å². The Balaban J connectivity index is 1.47. The molecule has 0 nitrogen and oxygen atoms in total.